The first-order valence-corrected chi connectivity index (χ1v) is 7.62. The molecule has 2 amide bonds. The quantitative estimate of drug-likeness (QED) is 0.721. The lowest BCUT2D eigenvalue weighted by molar-refractivity contribution is 0.204. The van der Waals surface area contributed by atoms with E-state index in [1.807, 2.05) is 13.8 Å². The number of carbonyl (C=O) groups is 1. The second-order valence-corrected chi connectivity index (χ2v) is 7.11. The first-order chi connectivity index (χ1) is 9.32. The minimum atomic E-state index is -0.289. The van der Waals surface area contributed by atoms with Crippen molar-refractivity contribution >= 4 is 22.5 Å². The van der Waals surface area contributed by atoms with Crippen molar-refractivity contribution in [1.29, 1.82) is 0 Å². The van der Waals surface area contributed by atoms with E-state index in [2.05, 4.69) is 34.7 Å². The number of urea groups is 1. The fourth-order valence-corrected chi connectivity index (χ4v) is 2.53. The molecule has 1 heterocycles. The molecule has 0 saturated carbocycles. The van der Waals surface area contributed by atoms with Crippen LogP contribution in [0.5, 0.6) is 0 Å². The molecule has 0 fully saturated rings. The highest BCUT2D eigenvalue weighted by atomic mass is 32.1. The fourth-order valence-electron chi connectivity index (χ4n) is 1.59. The highest BCUT2D eigenvalue weighted by Gasteiger charge is 2.18. The Bertz CT molecular complexity index is 432. The van der Waals surface area contributed by atoms with Gasteiger partial charge in [0.2, 0.25) is 5.13 Å². The second kappa shape index (κ2) is 7.54. The molecule has 0 aliphatic rings. The molecule has 0 atom stereocenters. The molecule has 1 aromatic heterocycles. The first kappa shape index (κ1) is 16.8. The lowest BCUT2D eigenvalue weighted by Gasteiger charge is -2.23. The minimum absolute atomic E-state index is 0.116. The molecule has 0 radical (unpaired) electrons. The molecule has 0 spiro atoms. The maximum Gasteiger partial charge on any atom is 0.321 e. The molecule has 0 saturated heterocycles. The SMILES string of the molecule is CC(C)Cc1nnc(NC(=O)NCC(C)(C)CCO)s1. The van der Waals surface area contributed by atoms with Gasteiger partial charge in [0, 0.05) is 19.6 Å². The molecule has 0 aliphatic carbocycles. The van der Waals surface area contributed by atoms with Crippen molar-refractivity contribution in [2.24, 2.45) is 11.3 Å². The molecule has 0 bridgehead atoms. The van der Waals surface area contributed by atoms with E-state index in [1.165, 1.54) is 11.3 Å². The number of aromatic nitrogens is 2. The van der Waals surface area contributed by atoms with Crippen LogP contribution in [0.3, 0.4) is 0 Å². The fraction of sp³-hybridized carbons (Fsp3) is 0.769. The van der Waals surface area contributed by atoms with E-state index in [4.69, 9.17) is 5.11 Å². The van der Waals surface area contributed by atoms with Crippen LogP contribution in [0.15, 0.2) is 0 Å². The Balaban J connectivity index is 2.40. The molecule has 0 aliphatic heterocycles. The van der Waals surface area contributed by atoms with E-state index < -0.39 is 0 Å². The first-order valence-electron chi connectivity index (χ1n) is 6.80. The number of anilines is 1. The van der Waals surface area contributed by atoms with E-state index in [-0.39, 0.29) is 18.1 Å². The van der Waals surface area contributed by atoms with Gasteiger partial charge in [0.05, 0.1) is 0 Å². The molecule has 7 heteroatoms. The summed E-state index contributed by atoms with van der Waals surface area (Å²) in [7, 11) is 0. The maximum absolute atomic E-state index is 11.7. The molecule has 3 N–H and O–H groups in total. The van der Waals surface area contributed by atoms with Crippen LogP contribution in [-0.2, 0) is 6.42 Å². The van der Waals surface area contributed by atoms with E-state index >= 15 is 0 Å². The molecule has 0 aromatic carbocycles. The third kappa shape index (κ3) is 6.29. The van der Waals surface area contributed by atoms with Gasteiger partial charge in [0.25, 0.3) is 0 Å². The smallest absolute Gasteiger partial charge is 0.321 e. The molecule has 114 valence electrons. The topological polar surface area (TPSA) is 87.1 Å². The van der Waals surface area contributed by atoms with Crippen molar-refractivity contribution in [2.75, 3.05) is 18.5 Å². The summed E-state index contributed by atoms with van der Waals surface area (Å²) in [6.45, 7) is 8.83. The lowest BCUT2D eigenvalue weighted by atomic mass is 9.90. The number of hydrogen-bond donors (Lipinski definition) is 3. The zero-order chi connectivity index (χ0) is 15.2. The summed E-state index contributed by atoms with van der Waals surface area (Å²) in [6.07, 6.45) is 1.51. The molecule has 6 nitrogen and oxygen atoms in total. The van der Waals surface area contributed by atoms with Gasteiger partial charge in [-0.2, -0.15) is 0 Å². The predicted molar refractivity (Wildman–Crippen MR) is 81.0 cm³/mol. The summed E-state index contributed by atoms with van der Waals surface area (Å²) in [5.41, 5.74) is -0.129. The zero-order valence-electron chi connectivity index (χ0n) is 12.6. The molecule has 0 unspecified atom stereocenters. The van der Waals surface area contributed by atoms with Crippen molar-refractivity contribution in [3.63, 3.8) is 0 Å². The summed E-state index contributed by atoms with van der Waals surface area (Å²) in [6, 6.07) is -0.289. The van der Waals surface area contributed by atoms with Crippen molar-refractivity contribution in [3.8, 4) is 0 Å². The van der Waals surface area contributed by atoms with Crippen LogP contribution in [0.4, 0.5) is 9.93 Å². The van der Waals surface area contributed by atoms with Crippen LogP contribution >= 0.6 is 11.3 Å². The number of aliphatic hydroxyl groups excluding tert-OH is 1. The zero-order valence-corrected chi connectivity index (χ0v) is 13.4. The predicted octanol–water partition coefficient (Wildman–Crippen LogP) is 2.27. The van der Waals surface area contributed by atoms with Gasteiger partial charge in [0.1, 0.15) is 5.01 Å². The number of nitrogens with one attached hydrogen (secondary N) is 2. The highest BCUT2D eigenvalue weighted by Crippen LogP contribution is 2.19. The van der Waals surface area contributed by atoms with Gasteiger partial charge in [-0.1, -0.05) is 39.0 Å². The summed E-state index contributed by atoms with van der Waals surface area (Å²) in [5.74, 6) is 0.518. The number of rotatable bonds is 7. The van der Waals surface area contributed by atoms with E-state index in [1.54, 1.807) is 0 Å². The van der Waals surface area contributed by atoms with E-state index in [0.717, 1.165) is 11.4 Å². The van der Waals surface area contributed by atoms with Crippen molar-refractivity contribution < 1.29 is 9.90 Å². The Hall–Kier alpha value is -1.21. The Morgan fingerprint density at radius 3 is 2.70 bits per heavy atom. The second-order valence-electron chi connectivity index (χ2n) is 6.04. The Morgan fingerprint density at radius 2 is 2.10 bits per heavy atom. The number of nitrogens with zero attached hydrogens (tertiary/aromatic N) is 2. The molecular weight excluding hydrogens is 276 g/mol. The molecular formula is C13H24N4O2S. The highest BCUT2D eigenvalue weighted by molar-refractivity contribution is 7.15. The standard InChI is InChI=1S/C13H24N4O2S/c1-9(2)7-10-16-17-12(20-10)15-11(19)14-8-13(3,4)5-6-18/h9,18H,5-8H2,1-4H3,(H2,14,15,17,19). The maximum atomic E-state index is 11.7. The van der Waals surface area contributed by atoms with Gasteiger partial charge in [0.15, 0.2) is 0 Å². The summed E-state index contributed by atoms with van der Waals surface area (Å²) < 4.78 is 0. The largest absolute Gasteiger partial charge is 0.396 e. The van der Waals surface area contributed by atoms with Crippen LogP contribution in [-0.4, -0.2) is 34.5 Å². The molecule has 20 heavy (non-hydrogen) atoms. The Kier molecular flexibility index (Phi) is 6.35. The van der Waals surface area contributed by atoms with E-state index in [0.29, 0.717) is 24.0 Å². The van der Waals surface area contributed by atoms with Gasteiger partial charge in [-0.3, -0.25) is 5.32 Å². The van der Waals surface area contributed by atoms with Crippen LogP contribution in [0.2, 0.25) is 0 Å². The Morgan fingerprint density at radius 1 is 1.40 bits per heavy atom. The van der Waals surface area contributed by atoms with Crippen LogP contribution in [0.25, 0.3) is 0 Å². The normalized spacial score (nSPS) is 11.7. The average molecular weight is 300 g/mol. The van der Waals surface area contributed by atoms with Crippen molar-refractivity contribution in [2.45, 2.75) is 40.5 Å². The number of hydrogen-bond acceptors (Lipinski definition) is 5. The van der Waals surface area contributed by atoms with Crippen molar-refractivity contribution in [3.05, 3.63) is 5.01 Å². The van der Waals surface area contributed by atoms with Crippen LogP contribution < -0.4 is 10.6 Å². The van der Waals surface area contributed by atoms with Crippen LogP contribution in [0.1, 0.15) is 39.1 Å². The molecule has 1 aromatic rings. The number of amides is 2. The third-order valence-corrected chi connectivity index (χ3v) is 3.65. The van der Waals surface area contributed by atoms with Crippen LogP contribution in [0, 0.1) is 11.3 Å². The van der Waals surface area contributed by atoms with Gasteiger partial charge >= 0.3 is 6.03 Å². The Labute approximate surface area is 124 Å². The van der Waals surface area contributed by atoms with E-state index in [9.17, 15) is 4.79 Å². The summed E-state index contributed by atoms with van der Waals surface area (Å²) in [5, 5.41) is 23.8. The van der Waals surface area contributed by atoms with Gasteiger partial charge in [-0.15, -0.1) is 10.2 Å². The third-order valence-electron chi connectivity index (χ3n) is 2.79. The minimum Gasteiger partial charge on any atom is -0.396 e. The number of aliphatic hydroxyl groups is 1. The lowest BCUT2D eigenvalue weighted by Crippen LogP contribution is -2.37. The van der Waals surface area contributed by atoms with Gasteiger partial charge < -0.3 is 10.4 Å². The average Bonchev–Trinajstić information content (AvgIpc) is 2.73. The summed E-state index contributed by atoms with van der Waals surface area (Å²) in [4.78, 5) is 11.7. The van der Waals surface area contributed by atoms with Gasteiger partial charge in [-0.25, -0.2) is 4.79 Å². The van der Waals surface area contributed by atoms with Gasteiger partial charge in [-0.05, 0) is 17.8 Å². The summed E-state index contributed by atoms with van der Waals surface area (Å²) >= 11 is 1.40. The number of carbonyl (C=O) groups excluding carboxylic acids is 1. The monoisotopic (exact) mass is 300 g/mol. The molecule has 1 rings (SSSR count). The van der Waals surface area contributed by atoms with Crippen molar-refractivity contribution in [1.82, 2.24) is 15.5 Å².